The number of nitrogens with zero attached hydrogens (tertiary/aromatic N) is 4. The molecule has 0 spiro atoms. The van der Waals surface area contributed by atoms with Crippen LogP contribution in [0.5, 0.6) is 5.75 Å². The van der Waals surface area contributed by atoms with Gasteiger partial charge in [-0.15, -0.1) is 11.3 Å². The Morgan fingerprint density at radius 1 is 1.19 bits per heavy atom. The first-order chi connectivity index (χ1) is 15.7. The van der Waals surface area contributed by atoms with E-state index in [0.29, 0.717) is 42.6 Å². The fourth-order valence-corrected chi connectivity index (χ4v) is 5.22. The highest BCUT2D eigenvalue weighted by molar-refractivity contribution is 7.13. The minimum Gasteiger partial charge on any atom is -0.486 e. The first kappa shape index (κ1) is 19.1. The number of benzene rings is 2. The molecule has 32 heavy (non-hydrogen) atoms. The number of fused-ring (bicyclic) bond motifs is 3. The summed E-state index contributed by atoms with van der Waals surface area (Å²) in [6.45, 7) is 1.57. The predicted octanol–water partition coefficient (Wildman–Crippen LogP) is 4.47. The van der Waals surface area contributed by atoms with Crippen molar-refractivity contribution in [2.45, 2.75) is 25.1 Å². The number of oxazole rings is 1. The van der Waals surface area contributed by atoms with Gasteiger partial charge in [0.25, 0.3) is 6.01 Å². The van der Waals surface area contributed by atoms with E-state index in [4.69, 9.17) is 14.1 Å². The average molecular weight is 449 g/mol. The molecule has 1 N–H and O–H groups in total. The molecule has 2 unspecified atom stereocenters. The largest absolute Gasteiger partial charge is 0.486 e. The van der Waals surface area contributed by atoms with Crippen LogP contribution >= 0.6 is 11.3 Å². The molecule has 2 atom stereocenters. The minimum atomic E-state index is -0.855. The summed E-state index contributed by atoms with van der Waals surface area (Å²) >= 11 is 1.54. The van der Waals surface area contributed by atoms with Crippen LogP contribution in [0.4, 0.5) is 10.8 Å². The van der Waals surface area contributed by atoms with E-state index < -0.39 is 6.09 Å². The van der Waals surface area contributed by atoms with Crippen LogP contribution < -0.4 is 9.64 Å². The van der Waals surface area contributed by atoms with Gasteiger partial charge in [-0.2, -0.15) is 4.98 Å². The summed E-state index contributed by atoms with van der Waals surface area (Å²) in [6, 6.07) is 14.3. The fraction of sp³-hybridized carbons (Fsp3) is 0.261. The van der Waals surface area contributed by atoms with Gasteiger partial charge in [0, 0.05) is 24.7 Å². The summed E-state index contributed by atoms with van der Waals surface area (Å²) in [7, 11) is 0. The number of piperazine rings is 1. The molecule has 0 radical (unpaired) electrons. The maximum Gasteiger partial charge on any atom is 0.407 e. The number of hydrogen-bond acceptors (Lipinski definition) is 7. The number of rotatable bonds is 5. The molecule has 2 aromatic carbocycles. The number of carboxylic acid groups (broad SMARTS) is 1. The van der Waals surface area contributed by atoms with Gasteiger partial charge in [-0.3, -0.25) is 4.90 Å². The third-order valence-electron chi connectivity index (χ3n) is 6.08. The Labute approximate surface area is 187 Å². The van der Waals surface area contributed by atoms with E-state index in [-0.39, 0.29) is 12.1 Å². The monoisotopic (exact) mass is 448 g/mol. The minimum absolute atomic E-state index is 0.0199. The molecule has 9 heteroatoms. The van der Waals surface area contributed by atoms with Gasteiger partial charge in [0.1, 0.15) is 17.4 Å². The van der Waals surface area contributed by atoms with Crippen LogP contribution in [-0.2, 0) is 6.61 Å². The van der Waals surface area contributed by atoms with E-state index in [9.17, 15) is 9.90 Å². The highest BCUT2D eigenvalue weighted by Gasteiger charge is 2.48. The molecule has 3 aliphatic heterocycles. The van der Waals surface area contributed by atoms with E-state index in [1.165, 1.54) is 16.2 Å². The van der Waals surface area contributed by atoms with Gasteiger partial charge in [0.2, 0.25) is 0 Å². The maximum atomic E-state index is 11.4. The number of anilines is 1. The molecule has 2 aromatic heterocycles. The number of thiazole rings is 1. The number of aromatic nitrogens is 2. The van der Waals surface area contributed by atoms with Crippen molar-refractivity contribution in [2.75, 3.05) is 18.0 Å². The van der Waals surface area contributed by atoms with E-state index >= 15 is 0 Å². The van der Waals surface area contributed by atoms with E-state index in [0.717, 1.165) is 22.6 Å². The highest BCUT2D eigenvalue weighted by atomic mass is 32.1. The average Bonchev–Trinajstić information content (AvgIpc) is 3.48. The predicted molar refractivity (Wildman–Crippen MR) is 120 cm³/mol. The first-order valence-electron chi connectivity index (χ1n) is 10.4. The van der Waals surface area contributed by atoms with Gasteiger partial charge >= 0.3 is 6.09 Å². The Bertz CT molecular complexity index is 1260. The normalized spacial score (nSPS) is 19.8. The molecule has 0 saturated carbocycles. The van der Waals surface area contributed by atoms with Crippen molar-refractivity contribution in [2.24, 2.45) is 0 Å². The summed E-state index contributed by atoms with van der Waals surface area (Å²) in [6.07, 6.45) is 1.80. The molecule has 3 aliphatic rings. The smallest absolute Gasteiger partial charge is 0.407 e. The molecule has 7 rings (SSSR count). The van der Waals surface area contributed by atoms with Crippen molar-refractivity contribution in [3.05, 3.63) is 59.6 Å². The van der Waals surface area contributed by atoms with Crippen LogP contribution in [0.2, 0.25) is 0 Å². The van der Waals surface area contributed by atoms with Crippen molar-refractivity contribution in [1.82, 2.24) is 14.9 Å². The van der Waals surface area contributed by atoms with Crippen molar-refractivity contribution in [3.63, 3.8) is 0 Å². The van der Waals surface area contributed by atoms with Crippen molar-refractivity contribution in [3.8, 4) is 16.3 Å². The third-order valence-corrected chi connectivity index (χ3v) is 6.89. The van der Waals surface area contributed by atoms with E-state index in [2.05, 4.69) is 4.98 Å². The van der Waals surface area contributed by atoms with Crippen LogP contribution in [0.3, 0.4) is 0 Å². The summed E-state index contributed by atoms with van der Waals surface area (Å²) in [4.78, 5) is 24.2. The molecule has 3 saturated heterocycles. The molecule has 162 valence electrons. The second kappa shape index (κ2) is 7.52. The lowest BCUT2D eigenvalue weighted by atomic mass is 9.88. The maximum absolute atomic E-state index is 11.4. The number of ether oxygens (including phenoxy) is 1. The molecule has 2 bridgehead atoms. The van der Waals surface area contributed by atoms with Crippen molar-refractivity contribution in [1.29, 1.82) is 0 Å². The van der Waals surface area contributed by atoms with Gasteiger partial charge in [-0.05, 0) is 24.1 Å². The Kier molecular flexibility index (Phi) is 4.50. The van der Waals surface area contributed by atoms with Crippen LogP contribution in [0.1, 0.15) is 12.0 Å². The SMILES string of the molecule is O=C(O)N1C2CC1CN(c1nc3c(OCc4ccccc4)ccc(-c4nccs4)c3o1)C2. The Morgan fingerprint density at radius 3 is 2.72 bits per heavy atom. The summed E-state index contributed by atoms with van der Waals surface area (Å²) in [5, 5.41) is 12.2. The van der Waals surface area contributed by atoms with Gasteiger partial charge in [0.05, 0.1) is 17.6 Å². The fourth-order valence-electron chi connectivity index (χ4n) is 4.56. The molecule has 8 nitrogen and oxygen atoms in total. The molecule has 1 amide bonds. The summed E-state index contributed by atoms with van der Waals surface area (Å²) in [5.41, 5.74) is 3.22. The molecule has 3 fully saturated rings. The van der Waals surface area contributed by atoms with Crippen molar-refractivity contribution >= 4 is 34.5 Å². The number of amides is 1. The van der Waals surface area contributed by atoms with E-state index in [1.807, 2.05) is 52.7 Å². The molecular formula is C23H20N4O4S. The van der Waals surface area contributed by atoms with Gasteiger partial charge in [-0.1, -0.05) is 30.3 Å². The Balaban J connectivity index is 1.35. The zero-order valence-electron chi connectivity index (χ0n) is 17.0. The number of piperidine rings is 1. The highest BCUT2D eigenvalue weighted by Crippen LogP contribution is 2.40. The molecule has 0 aliphatic carbocycles. The lowest BCUT2D eigenvalue weighted by Crippen LogP contribution is -2.70. The van der Waals surface area contributed by atoms with Crippen molar-refractivity contribution < 1.29 is 19.1 Å². The number of hydrogen-bond donors (Lipinski definition) is 1. The lowest BCUT2D eigenvalue weighted by Gasteiger charge is -2.54. The zero-order valence-corrected chi connectivity index (χ0v) is 17.9. The third kappa shape index (κ3) is 3.16. The Morgan fingerprint density at radius 2 is 2.00 bits per heavy atom. The van der Waals surface area contributed by atoms with E-state index in [1.54, 1.807) is 6.20 Å². The van der Waals surface area contributed by atoms with Crippen LogP contribution in [0.15, 0.2) is 58.5 Å². The van der Waals surface area contributed by atoms with Gasteiger partial charge in [0.15, 0.2) is 11.1 Å². The van der Waals surface area contributed by atoms with Crippen LogP contribution in [-0.4, -0.2) is 51.2 Å². The van der Waals surface area contributed by atoms with Gasteiger partial charge in [-0.25, -0.2) is 9.78 Å². The Hall–Kier alpha value is -3.59. The quantitative estimate of drug-likeness (QED) is 0.481. The standard InChI is InChI=1S/C23H20N4O4S/c28-23(29)27-15-10-16(27)12-26(11-15)22-25-19-18(30-13-14-4-2-1-3-5-14)7-6-17(20(19)31-22)21-24-8-9-32-21/h1-9,15-16H,10-13H2,(H,28,29). The topological polar surface area (TPSA) is 91.9 Å². The second-order valence-electron chi connectivity index (χ2n) is 8.04. The number of carbonyl (C=O) groups is 1. The zero-order chi connectivity index (χ0) is 21.7. The second-order valence-corrected chi connectivity index (χ2v) is 8.93. The summed E-state index contributed by atoms with van der Waals surface area (Å²) < 4.78 is 12.4. The molecule has 4 aromatic rings. The van der Waals surface area contributed by atoms with Crippen LogP contribution in [0, 0.1) is 0 Å². The van der Waals surface area contributed by atoms with Crippen LogP contribution in [0.25, 0.3) is 21.7 Å². The summed E-state index contributed by atoms with van der Waals surface area (Å²) in [5.74, 6) is 0.647. The first-order valence-corrected chi connectivity index (χ1v) is 11.3. The molecular weight excluding hydrogens is 428 g/mol. The van der Waals surface area contributed by atoms with Gasteiger partial charge < -0.3 is 19.2 Å². The molecule has 5 heterocycles. The lowest BCUT2D eigenvalue weighted by molar-refractivity contribution is 0.0101.